The second kappa shape index (κ2) is 19.7. The number of allylic oxidation sites excluding steroid dienone is 11. The smallest absolute Gasteiger partial charge is 0.210 e. The van der Waals surface area contributed by atoms with Gasteiger partial charge in [-0.05, 0) is 205 Å². The molecule has 0 heterocycles. The molecular formula is C56H88S6Si2. The maximum absolute atomic E-state index is 4.94. The molecule has 0 aromatic heterocycles. The lowest BCUT2D eigenvalue weighted by Gasteiger charge is -2.68. The van der Waals surface area contributed by atoms with E-state index in [1.165, 1.54) is 43.8 Å². The lowest BCUT2D eigenvalue weighted by atomic mass is 9.86. The van der Waals surface area contributed by atoms with Crippen molar-refractivity contribution in [1.82, 2.24) is 0 Å². The van der Waals surface area contributed by atoms with Crippen LogP contribution >= 0.6 is 53.3 Å². The van der Waals surface area contributed by atoms with E-state index in [2.05, 4.69) is 250 Å². The molecule has 3 aromatic rings. The Kier molecular flexibility index (Phi) is 16.9. The van der Waals surface area contributed by atoms with E-state index in [-0.39, 0.29) is 0 Å². The highest BCUT2D eigenvalue weighted by Gasteiger charge is 2.57. The minimum atomic E-state index is -2.09. The molecule has 4 rings (SSSR count). The van der Waals surface area contributed by atoms with E-state index in [9.17, 15) is 0 Å². The van der Waals surface area contributed by atoms with Crippen LogP contribution < -0.4 is 0 Å². The molecule has 3 aromatic carbocycles. The minimum Gasteiger partial charge on any atom is -0.246 e. The average Bonchev–Trinajstić information content (AvgIpc) is 3.09. The summed E-state index contributed by atoms with van der Waals surface area (Å²) in [5.41, 5.74) is 13.9. The molecule has 0 N–H and O–H groups in total. The zero-order valence-electron chi connectivity index (χ0n) is 44.5. The Morgan fingerprint density at radius 3 is 1.62 bits per heavy atom. The van der Waals surface area contributed by atoms with E-state index in [1.807, 2.05) is 0 Å². The fourth-order valence-electron chi connectivity index (χ4n) is 10.8. The van der Waals surface area contributed by atoms with Crippen molar-refractivity contribution in [1.29, 1.82) is 0 Å². The molecule has 8 heteroatoms. The molecule has 0 bridgehead atoms. The van der Waals surface area contributed by atoms with Gasteiger partial charge in [-0.25, -0.2) is 19.0 Å². The summed E-state index contributed by atoms with van der Waals surface area (Å²) in [6.07, 6.45) is 51.4. The molecule has 1 atom stereocenters. The van der Waals surface area contributed by atoms with Crippen LogP contribution in [-0.4, -0.2) is 107 Å². The molecule has 1 unspecified atom stereocenters. The van der Waals surface area contributed by atoms with E-state index in [4.69, 9.17) is 6.58 Å². The lowest BCUT2D eigenvalue weighted by Crippen LogP contribution is -2.62. The van der Waals surface area contributed by atoms with Gasteiger partial charge in [0.25, 0.3) is 0 Å². The van der Waals surface area contributed by atoms with Crippen LogP contribution in [0.4, 0.5) is 0 Å². The summed E-state index contributed by atoms with van der Waals surface area (Å²) in [5, 5.41) is 9.31. The average molecular weight is 1010 g/mol. The first-order valence-electron chi connectivity index (χ1n) is 22.5. The van der Waals surface area contributed by atoms with Gasteiger partial charge in [-0.15, -0.1) is 5.54 Å². The molecule has 356 valence electrons. The van der Waals surface area contributed by atoms with Gasteiger partial charge in [-0.1, -0.05) is 126 Å². The monoisotopic (exact) mass is 1010 g/mol. The molecule has 1 aliphatic rings. The van der Waals surface area contributed by atoms with Crippen LogP contribution in [0.1, 0.15) is 52.2 Å². The SMILES string of the molecule is C=C(C#C[Si]([Si](C)(C)C)(S(C)(C)C)S(C)(C)C)c1cc2cc3ccccc3cc2cc1/C(C#CS(S(C)(C)C)(S(C)(C)C)S(C)(C)C)=C(C)/C=C(C)/C=C1/CC(C)C=C/C1=C/C(C)C. The van der Waals surface area contributed by atoms with Gasteiger partial charge in [-0.2, -0.15) is 27.2 Å². The standard InChI is InChI=1S/C56H88S6Si2/c1-43(2)35-50-30-29-44(3)37-51(50)38-45(4)36-47(6)54(31-33-62(57(7,8)9,58(10,11)12)59(13,14)15)56-42-53-40-49-28-26-25-27-48(49)39-52(53)41-55(56)46(5)32-34-64(60(16,17)18,61(19,20)21)63(22,23)24/h25-30,35-36,38-44H,5,37H2,1-4,6-24H3/b45-36+,50-35-,51-38-,54-47+. The summed E-state index contributed by atoms with van der Waals surface area (Å²) in [7, 11) is -8.15. The Hall–Kier alpha value is -1.73. The Bertz CT molecular complexity index is 2500. The van der Waals surface area contributed by atoms with Gasteiger partial charge in [0.1, 0.15) is 0 Å². The van der Waals surface area contributed by atoms with E-state index >= 15 is 0 Å². The van der Waals surface area contributed by atoms with Gasteiger partial charge >= 0.3 is 0 Å². The highest BCUT2D eigenvalue weighted by atomic mass is 33.9. The predicted molar refractivity (Wildman–Crippen MR) is 330 cm³/mol. The van der Waals surface area contributed by atoms with Crippen LogP contribution in [0.2, 0.25) is 19.6 Å². The first-order chi connectivity index (χ1) is 29.0. The molecule has 0 amide bonds. The Morgan fingerprint density at radius 1 is 0.703 bits per heavy atom. The number of benzene rings is 3. The van der Waals surface area contributed by atoms with Crippen LogP contribution in [0.5, 0.6) is 0 Å². The van der Waals surface area contributed by atoms with Crippen LogP contribution in [-0.2, 0) is 0 Å². The Morgan fingerprint density at radius 2 is 1.19 bits per heavy atom. The van der Waals surface area contributed by atoms with Crippen molar-refractivity contribution in [3.63, 3.8) is 0 Å². The van der Waals surface area contributed by atoms with Crippen molar-refractivity contribution in [2.24, 2.45) is 11.8 Å². The highest BCUT2D eigenvalue weighted by Crippen LogP contribution is 3.05. The summed E-state index contributed by atoms with van der Waals surface area (Å²) in [6, 6.07) is 18.4. The van der Waals surface area contributed by atoms with Crippen LogP contribution in [0.25, 0.3) is 32.7 Å². The summed E-state index contributed by atoms with van der Waals surface area (Å²) in [4.78, 5) is 0. The van der Waals surface area contributed by atoms with Crippen molar-refractivity contribution < 1.29 is 0 Å². The van der Waals surface area contributed by atoms with Gasteiger partial charge in [-0.3, -0.25) is 0 Å². The van der Waals surface area contributed by atoms with E-state index < -0.39 is 66.7 Å². The van der Waals surface area contributed by atoms with Gasteiger partial charge in [0, 0.05) is 11.1 Å². The van der Waals surface area contributed by atoms with Crippen LogP contribution in [0, 0.1) is 34.5 Å². The van der Waals surface area contributed by atoms with Gasteiger partial charge in [0.15, 0.2) is 0 Å². The minimum absolute atomic E-state index is 0.486. The zero-order chi connectivity index (χ0) is 48.8. The summed E-state index contributed by atoms with van der Waals surface area (Å²) in [6.45, 7) is 24.2. The Balaban J connectivity index is 2.27. The molecule has 0 radical (unpaired) electrons. The molecule has 0 aliphatic heterocycles. The van der Waals surface area contributed by atoms with Crippen molar-refractivity contribution in [3.8, 4) is 22.6 Å². The zero-order valence-corrected chi connectivity index (χ0v) is 51.4. The van der Waals surface area contributed by atoms with Crippen molar-refractivity contribution in [2.75, 3.05) is 93.8 Å². The van der Waals surface area contributed by atoms with E-state index in [1.54, 1.807) is 0 Å². The predicted octanol–water partition coefficient (Wildman–Crippen LogP) is 17.2. The highest BCUT2D eigenvalue weighted by molar-refractivity contribution is 9.64. The topological polar surface area (TPSA) is 0 Å². The molecule has 1 aliphatic carbocycles. The maximum Gasteiger partial charge on any atom is 0.210 e. The van der Waals surface area contributed by atoms with Crippen LogP contribution in [0.3, 0.4) is 0 Å². The van der Waals surface area contributed by atoms with Crippen molar-refractivity contribution >= 4 is 99.4 Å². The van der Waals surface area contributed by atoms with E-state index in [0.717, 1.165) is 28.7 Å². The summed E-state index contributed by atoms with van der Waals surface area (Å²) in [5.74, 6) is 7.04. The first kappa shape index (κ1) is 54.9. The molecule has 0 fully saturated rings. The van der Waals surface area contributed by atoms with Gasteiger partial charge < -0.3 is 0 Å². The summed E-state index contributed by atoms with van der Waals surface area (Å²) < 4.78 is 0. The van der Waals surface area contributed by atoms with E-state index in [0.29, 0.717) is 11.8 Å². The van der Waals surface area contributed by atoms with Crippen molar-refractivity contribution in [2.45, 2.75) is 60.7 Å². The third-order valence-electron chi connectivity index (χ3n) is 12.1. The van der Waals surface area contributed by atoms with Crippen LogP contribution in [0.15, 0.2) is 108 Å². The quantitative estimate of drug-likeness (QED) is 0.0590. The second-order valence-electron chi connectivity index (χ2n) is 23.1. The molecule has 0 saturated carbocycles. The first-order valence-corrected chi connectivity index (χ1v) is 47.9. The fourth-order valence-corrected chi connectivity index (χ4v) is 134. The number of fused-ring (bicyclic) bond motifs is 2. The molecule has 0 saturated heterocycles. The number of hydrogen-bond donors (Lipinski definition) is 0. The number of hydrogen-bond acceptors (Lipinski definition) is 0. The summed E-state index contributed by atoms with van der Waals surface area (Å²) >= 11 is 0. The van der Waals surface area contributed by atoms with Gasteiger partial charge in [0.05, 0.1) is 7.59 Å². The van der Waals surface area contributed by atoms with Crippen molar-refractivity contribution in [3.05, 3.63) is 119 Å². The maximum atomic E-state index is 4.94. The second-order valence-corrected chi connectivity index (χ2v) is 84.0. The lowest BCUT2D eigenvalue weighted by molar-refractivity contribution is 0.703. The van der Waals surface area contributed by atoms with Gasteiger partial charge in [0.2, 0.25) is 5.89 Å². The molecular weight excluding hydrogens is 921 g/mol. The number of rotatable bonds is 11. The fraction of sp³-hybridized carbons (Fsp3) is 0.464. The Labute approximate surface area is 403 Å². The molecule has 64 heavy (non-hydrogen) atoms. The normalized spacial score (nSPS) is 19.5. The molecule has 0 nitrogen and oxygen atoms in total. The third-order valence-corrected chi connectivity index (χ3v) is 105. The molecule has 0 spiro atoms. The third kappa shape index (κ3) is 11.4. The largest absolute Gasteiger partial charge is 0.246 e.